The highest BCUT2D eigenvalue weighted by Gasteiger charge is 2.32. The first kappa shape index (κ1) is 16.9. The average molecular weight is 337 g/mol. The summed E-state index contributed by atoms with van der Waals surface area (Å²) < 4.78 is 11.4. The van der Waals surface area contributed by atoms with E-state index in [0.29, 0.717) is 29.1 Å². The molecule has 2 aromatic rings. The number of nitrogens with one attached hydrogen (secondary N) is 1. The minimum Gasteiger partial charge on any atom is -0.460 e. The molecule has 1 atom stereocenters. The van der Waals surface area contributed by atoms with E-state index in [4.69, 9.17) is 9.47 Å². The largest absolute Gasteiger partial charge is 0.460 e. The Morgan fingerprint density at radius 2 is 1.92 bits per heavy atom. The van der Waals surface area contributed by atoms with Crippen LogP contribution in [0.2, 0.25) is 0 Å². The van der Waals surface area contributed by atoms with Gasteiger partial charge in [0, 0.05) is 24.1 Å². The number of hydrogen-bond acceptors (Lipinski definition) is 5. The van der Waals surface area contributed by atoms with Crippen LogP contribution >= 0.6 is 0 Å². The van der Waals surface area contributed by atoms with Crippen molar-refractivity contribution in [3.63, 3.8) is 0 Å². The van der Waals surface area contributed by atoms with Crippen molar-refractivity contribution in [1.29, 1.82) is 0 Å². The van der Waals surface area contributed by atoms with Gasteiger partial charge in [0.25, 0.3) is 0 Å². The molecular weight excluding hydrogens is 318 g/mol. The summed E-state index contributed by atoms with van der Waals surface area (Å²) in [4.78, 5) is 24.1. The van der Waals surface area contributed by atoms with Gasteiger partial charge in [0.2, 0.25) is 6.29 Å². The Morgan fingerprint density at radius 3 is 2.60 bits per heavy atom. The molecule has 5 nitrogen and oxygen atoms in total. The third-order valence-electron chi connectivity index (χ3n) is 3.89. The van der Waals surface area contributed by atoms with Crippen molar-refractivity contribution >= 4 is 17.3 Å². The lowest BCUT2D eigenvalue weighted by atomic mass is 10.00. The van der Waals surface area contributed by atoms with Crippen LogP contribution < -0.4 is 10.1 Å². The summed E-state index contributed by atoms with van der Waals surface area (Å²) in [5.41, 5.74) is 2.31. The predicted molar refractivity (Wildman–Crippen MR) is 95.0 cm³/mol. The standard InChI is InChI=1S/C20H19NO4/c1-3-24-20-17(19(23)16-6-4-5-7-18(16)25-20)12-21-15-10-8-14(9-11-15)13(2)22/h4-12,20-21H,3H2,1-2H3/b17-12-. The molecule has 0 spiro atoms. The van der Waals surface area contributed by atoms with Crippen molar-refractivity contribution in [3.8, 4) is 5.75 Å². The zero-order valence-electron chi connectivity index (χ0n) is 14.1. The summed E-state index contributed by atoms with van der Waals surface area (Å²) in [6, 6.07) is 14.1. The average Bonchev–Trinajstić information content (AvgIpc) is 2.62. The molecule has 1 aliphatic rings. The van der Waals surface area contributed by atoms with Crippen LogP contribution in [-0.2, 0) is 4.74 Å². The molecule has 128 valence electrons. The van der Waals surface area contributed by atoms with Gasteiger partial charge in [0.05, 0.1) is 11.1 Å². The fraction of sp³-hybridized carbons (Fsp3) is 0.200. The summed E-state index contributed by atoms with van der Waals surface area (Å²) in [7, 11) is 0. The third kappa shape index (κ3) is 3.61. The van der Waals surface area contributed by atoms with Crippen LogP contribution in [0, 0.1) is 0 Å². The Kier molecular flexibility index (Phi) is 4.95. The summed E-state index contributed by atoms with van der Waals surface area (Å²) in [5.74, 6) is 0.399. The Morgan fingerprint density at radius 1 is 1.20 bits per heavy atom. The summed E-state index contributed by atoms with van der Waals surface area (Å²) in [5, 5.41) is 3.08. The van der Waals surface area contributed by atoms with Crippen molar-refractivity contribution in [2.75, 3.05) is 11.9 Å². The second-order valence-electron chi connectivity index (χ2n) is 5.61. The Labute approximate surface area is 146 Å². The molecule has 0 aliphatic carbocycles. The molecule has 0 bridgehead atoms. The van der Waals surface area contributed by atoms with Gasteiger partial charge in [0.15, 0.2) is 11.6 Å². The SMILES string of the molecule is CCOC1Oc2ccccc2C(=O)/C1=C/Nc1ccc(C(C)=O)cc1. The minimum absolute atomic E-state index is 0.00813. The fourth-order valence-corrected chi connectivity index (χ4v) is 2.57. The molecule has 0 radical (unpaired) electrons. The zero-order valence-corrected chi connectivity index (χ0v) is 14.1. The molecule has 0 amide bonds. The van der Waals surface area contributed by atoms with E-state index in [1.165, 1.54) is 6.92 Å². The number of anilines is 1. The number of fused-ring (bicyclic) bond motifs is 1. The molecule has 1 unspecified atom stereocenters. The molecular formula is C20H19NO4. The first-order valence-electron chi connectivity index (χ1n) is 8.09. The second kappa shape index (κ2) is 7.32. The maximum Gasteiger partial charge on any atom is 0.232 e. The van der Waals surface area contributed by atoms with Crippen molar-refractivity contribution in [2.45, 2.75) is 20.1 Å². The van der Waals surface area contributed by atoms with E-state index in [1.807, 2.05) is 13.0 Å². The van der Waals surface area contributed by atoms with E-state index >= 15 is 0 Å². The molecule has 5 heteroatoms. The molecule has 1 aliphatic heterocycles. The number of hydrogen-bond donors (Lipinski definition) is 1. The quantitative estimate of drug-likeness (QED) is 0.664. The Balaban J connectivity index is 1.86. The first-order chi connectivity index (χ1) is 12.1. The third-order valence-corrected chi connectivity index (χ3v) is 3.89. The van der Waals surface area contributed by atoms with Crippen LogP contribution in [0.4, 0.5) is 5.69 Å². The van der Waals surface area contributed by atoms with Crippen molar-refractivity contribution in [1.82, 2.24) is 0 Å². The highest BCUT2D eigenvalue weighted by atomic mass is 16.7. The number of carbonyl (C=O) groups is 2. The van der Waals surface area contributed by atoms with Gasteiger partial charge >= 0.3 is 0 Å². The van der Waals surface area contributed by atoms with Gasteiger partial charge in [-0.05, 0) is 50.2 Å². The summed E-state index contributed by atoms with van der Waals surface area (Å²) in [6.45, 7) is 3.79. The van der Waals surface area contributed by atoms with E-state index in [0.717, 1.165) is 5.69 Å². The van der Waals surface area contributed by atoms with Crippen molar-refractivity contribution in [2.24, 2.45) is 0 Å². The normalized spacial score (nSPS) is 17.8. The molecule has 0 fully saturated rings. The Bertz CT molecular complexity index is 824. The van der Waals surface area contributed by atoms with Crippen molar-refractivity contribution in [3.05, 3.63) is 71.4 Å². The lowest BCUT2D eigenvalue weighted by Crippen LogP contribution is -2.33. The predicted octanol–water partition coefficient (Wildman–Crippen LogP) is 3.82. The number of ether oxygens (including phenoxy) is 2. The summed E-state index contributed by atoms with van der Waals surface area (Å²) >= 11 is 0. The molecule has 1 heterocycles. The smallest absolute Gasteiger partial charge is 0.232 e. The van der Waals surface area contributed by atoms with E-state index < -0.39 is 6.29 Å². The van der Waals surface area contributed by atoms with Crippen LogP contribution in [0.5, 0.6) is 5.75 Å². The molecule has 25 heavy (non-hydrogen) atoms. The number of benzene rings is 2. The van der Waals surface area contributed by atoms with Gasteiger partial charge in [-0.1, -0.05) is 12.1 Å². The fourth-order valence-electron chi connectivity index (χ4n) is 2.57. The highest BCUT2D eigenvalue weighted by molar-refractivity contribution is 6.12. The second-order valence-corrected chi connectivity index (χ2v) is 5.61. The van der Waals surface area contributed by atoms with E-state index in [1.54, 1.807) is 48.7 Å². The highest BCUT2D eigenvalue weighted by Crippen LogP contribution is 2.31. The maximum atomic E-state index is 12.8. The molecule has 2 aromatic carbocycles. The molecule has 1 N–H and O–H groups in total. The van der Waals surface area contributed by atoms with E-state index in [2.05, 4.69) is 5.32 Å². The molecule has 3 rings (SSSR count). The zero-order chi connectivity index (χ0) is 17.8. The van der Waals surface area contributed by atoms with Gasteiger partial charge < -0.3 is 14.8 Å². The van der Waals surface area contributed by atoms with Crippen LogP contribution in [0.15, 0.2) is 60.3 Å². The van der Waals surface area contributed by atoms with Gasteiger partial charge in [-0.2, -0.15) is 0 Å². The number of Topliss-reactive ketones (excluding diaryl/α,β-unsaturated/α-hetero) is 2. The molecule has 0 saturated carbocycles. The lowest BCUT2D eigenvalue weighted by molar-refractivity contribution is -0.0509. The summed E-state index contributed by atoms with van der Waals surface area (Å²) in [6.07, 6.45) is 0.845. The number of rotatable bonds is 5. The number of ketones is 2. The molecule has 0 aromatic heterocycles. The molecule has 0 saturated heterocycles. The number of para-hydroxylation sites is 1. The first-order valence-corrected chi connectivity index (χ1v) is 8.09. The van der Waals surface area contributed by atoms with Gasteiger partial charge in [-0.3, -0.25) is 9.59 Å². The Hall–Kier alpha value is -2.92. The monoisotopic (exact) mass is 337 g/mol. The van der Waals surface area contributed by atoms with Gasteiger partial charge in [-0.25, -0.2) is 0 Å². The lowest BCUT2D eigenvalue weighted by Gasteiger charge is -2.27. The van der Waals surface area contributed by atoms with Crippen LogP contribution in [-0.4, -0.2) is 24.5 Å². The maximum absolute atomic E-state index is 12.8. The van der Waals surface area contributed by atoms with Crippen LogP contribution in [0.3, 0.4) is 0 Å². The number of carbonyl (C=O) groups excluding carboxylic acids is 2. The topological polar surface area (TPSA) is 64.6 Å². The van der Waals surface area contributed by atoms with Crippen molar-refractivity contribution < 1.29 is 19.1 Å². The van der Waals surface area contributed by atoms with E-state index in [-0.39, 0.29) is 11.6 Å². The minimum atomic E-state index is -0.753. The van der Waals surface area contributed by atoms with Gasteiger partial charge in [-0.15, -0.1) is 0 Å². The van der Waals surface area contributed by atoms with Gasteiger partial charge in [0.1, 0.15) is 5.75 Å². The van der Waals surface area contributed by atoms with Crippen LogP contribution in [0.1, 0.15) is 34.6 Å². The van der Waals surface area contributed by atoms with E-state index in [9.17, 15) is 9.59 Å². The van der Waals surface area contributed by atoms with Crippen LogP contribution in [0.25, 0.3) is 0 Å².